The number of nitrogens with zero attached hydrogens (tertiary/aromatic N) is 2. The van der Waals surface area contributed by atoms with E-state index in [2.05, 4.69) is 42.7 Å². The van der Waals surface area contributed by atoms with Gasteiger partial charge in [-0.3, -0.25) is 0 Å². The second kappa shape index (κ2) is 4.93. The van der Waals surface area contributed by atoms with Crippen molar-refractivity contribution in [2.24, 2.45) is 0 Å². The topological polar surface area (TPSA) is 37.8 Å². The van der Waals surface area contributed by atoms with E-state index in [1.807, 2.05) is 19.9 Å². The molecule has 2 aromatic rings. The predicted octanol–water partition coefficient (Wildman–Crippen LogP) is 3.53. The minimum absolute atomic E-state index is 0.696. The lowest BCUT2D eigenvalue weighted by Gasteiger charge is -2.04. The van der Waals surface area contributed by atoms with Crippen LogP contribution in [0.2, 0.25) is 0 Å². The molecule has 0 aromatic carbocycles. The van der Waals surface area contributed by atoms with Gasteiger partial charge in [-0.1, -0.05) is 0 Å². The first kappa shape index (κ1) is 11.5. The molecule has 0 unspecified atom stereocenters. The van der Waals surface area contributed by atoms with E-state index in [4.69, 9.17) is 0 Å². The molecule has 0 aliphatic rings. The lowest BCUT2D eigenvalue weighted by Crippen LogP contribution is -2.04. The van der Waals surface area contributed by atoms with E-state index in [1.165, 1.54) is 4.88 Å². The Balaban J connectivity index is 2.04. The van der Waals surface area contributed by atoms with Crippen LogP contribution in [-0.2, 0) is 6.54 Å². The maximum atomic E-state index is 4.33. The summed E-state index contributed by atoms with van der Waals surface area (Å²) in [5.41, 5.74) is 1.98. The molecule has 0 radical (unpaired) electrons. The Bertz CT molecular complexity index is 475. The Labute approximate surface area is 107 Å². The molecular weight excluding hydrogens is 286 g/mol. The van der Waals surface area contributed by atoms with Gasteiger partial charge in [0.15, 0.2) is 0 Å². The summed E-state index contributed by atoms with van der Waals surface area (Å²) in [6.07, 6.45) is 0. The van der Waals surface area contributed by atoms with E-state index in [0.717, 1.165) is 22.4 Å². The first-order valence-electron chi connectivity index (χ1n) is 4.92. The summed E-state index contributed by atoms with van der Waals surface area (Å²) < 4.78 is 1.12. The fourth-order valence-electron chi connectivity index (χ4n) is 1.42. The average molecular weight is 298 g/mol. The van der Waals surface area contributed by atoms with Gasteiger partial charge in [0.25, 0.3) is 0 Å². The molecule has 2 aromatic heterocycles. The molecule has 0 atom stereocenters. The summed E-state index contributed by atoms with van der Waals surface area (Å²) in [4.78, 5) is 9.91. The van der Waals surface area contributed by atoms with Crippen molar-refractivity contribution in [1.29, 1.82) is 0 Å². The van der Waals surface area contributed by atoms with Gasteiger partial charge in [0.05, 0.1) is 6.54 Å². The number of anilines is 1. The van der Waals surface area contributed by atoms with E-state index in [9.17, 15) is 0 Å². The van der Waals surface area contributed by atoms with Crippen molar-refractivity contribution < 1.29 is 0 Å². The van der Waals surface area contributed by atoms with Crippen molar-refractivity contribution >= 4 is 33.2 Å². The fraction of sp³-hybridized carbons (Fsp3) is 0.273. The molecule has 0 aliphatic carbocycles. The Morgan fingerprint density at radius 3 is 2.50 bits per heavy atom. The fourth-order valence-corrected chi connectivity index (χ4v) is 2.81. The zero-order chi connectivity index (χ0) is 11.5. The normalized spacial score (nSPS) is 10.4. The highest BCUT2D eigenvalue weighted by molar-refractivity contribution is 9.10. The van der Waals surface area contributed by atoms with Gasteiger partial charge in [0.1, 0.15) is 0 Å². The number of hydrogen-bond acceptors (Lipinski definition) is 4. The SMILES string of the molecule is Cc1cc(C)nc(NCc2cc(Br)cs2)n1. The summed E-state index contributed by atoms with van der Waals surface area (Å²) in [7, 11) is 0. The number of aromatic nitrogens is 2. The molecule has 2 rings (SSSR count). The highest BCUT2D eigenvalue weighted by Crippen LogP contribution is 2.20. The molecule has 2 heterocycles. The van der Waals surface area contributed by atoms with Gasteiger partial charge in [0.2, 0.25) is 5.95 Å². The van der Waals surface area contributed by atoms with Gasteiger partial charge in [-0.05, 0) is 41.9 Å². The molecule has 5 heteroatoms. The van der Waals surface area contributed by atoms with Crippen molar-refractivity contribution in [3.05, 3.63) is 38.3 Å². The van der Waals surface area contributed by atoms with Crippen LogP contribution in [0.25, 0.3) is 0 Å². The van der Waals surface area contributed by atoms with Gasteiger partial charge in [-0.25, -0.2) is 9.97 Å². The highest BCUT2D eigenvalue weighted by atomic mass is 79.9. The zero-order valence-corrected chi connectivity index (χ0v) is 11.5. The molecular formula is C11H12BrN3S. The Kier molecular flexibility index (Phi) is 3.56. The Morgan fingerprint density at radius 2 is 1.94 bits per heavy atom. The minimum atomic E-state index is 0.696. The number of halogens is 1. The van der Waals surface area contributed by atoms with Crippen molar-refractivity contribution in [3.63, 3.8) is 0 Å². The molecule has 0 aliphatic heterocycles. The first-order chi connectivity index (χ1) is 7.63. The third kappa shape index (κ3) is 3.02. The van der Waals surface area contributed by atoms with Crippen LogP contribution in [0.1, 0.15) is 16.3 Å². The summed E-state index contributed by atoms with van der Waals surface area (Å²) >= 11 is 5.15. The standard InChI is InChI=1S/C11H12BrN3S/c1-7-3-8(2)15-11(14-7)13-5-10-4-9(12)6-16-10/h3-4,6H,5H2,1-2H3,(H,13,14,15). The van der Waals surface area contributed by atoms with Crippen molar-refractivity contribution in [2.45, 2.75) is 20.4 Å². The van der Waals surface area contributed by atoms with E-state index in [0.29, 0.717) is 5.95 Å². The van der Waals surface area contributed by atoms with E-state index in [-0.39, 0.29) is 0 Å². The van der Waals surface area contributed by atoms with Crippen LogP contribution in [0.15, 0.2) is 22.0 Å². The lowest BCUT2D eigenvalue weighted by atomic mass is 10.3. The molecule has 3 nitrogen and oxygen atoms in total. The van der Waals surface area contributed by atoms with Crippen molar-refractivity contribution in [1.82, 2.24) is 9.97 Å². The quantitative estimate of drug-likeness (QED) is 0.942. The van der Waals surface area contributed by atoms with E-state index < -0.39 is 0 Å². The van der Waals surface area contributed by atoms with Crippen LogP contribution < -0.4 is 5.32 Å². The summed E-state index contributed by atoms with van der Waals surface area (Å²) in [5, 5.41) is 5.29. The molecule has 0 saturated heterocycles. The second-order valence-corrected chi connectivity index (χ2v) is 5.47. The monoisotopic (exact) mass is 297 g/mol. The van der Waals surface area contributed by atoms with Crippen LogP contribution in [-0.4, -0.2) is 9.97 Å². The number of hydrogen-bond donors (Lipinski definition) is 1. The lowest BCUT2D eigenvalue weighted by molar-refractivity contribution is 1.01. The molecule has 16 heavy (non-hydrogen) atoms. The van der Waals surface area contributed by atoms with Crippen LogP contribution in [0.3, 0.4) is 0 Å². The smallest absolute Gasteiger partial charge is 0.223 e. The summed E-state index contributed by atoms with van der Waals surface area (Å²) in [6, 6.07) is 4.06. The molecule has 84 valence electrons. The largest absolute Gasteiger partial charge is 0.349 e. The van der Waals surface area contributed by atoms with Crippen molar-refractivity contribution in [3.8, 4) is 0 Å². The van der Waals surface area contributed by atoms with Crippen LogP contribution in [0, 0.1) is 13.8 Å². The third-order valence-corrected chi connectivity index (χ3v) is 3.72. The summed E-state index contributed by atoms with van der Waals surface area (Å²) in [5.74, 6) is 0.696. The molecule has 0 saturated carbocycles. The number of aryl methyl sites for hydroxylation is 2. The van der Waals surface area contributed by atoms with Crippen molar-refractivity contribution in [2.75, 3.05) is 5.32 Å². The number of thiophene rings is 1. The maximum Gasteiger partial charge on any atom is 0.223 e. The third-order valence-electron chi connectivity index (χ3n) is 2.02. The van der Waals surface area contributed by atoms with Gasteiger partial charge >= 0.3 is 0 Å². The molecule has 0 fully saturated rings. The maximum absolute atomic E-state index is 4.33. The zero-order valence-electron chi connectivity index (χ0n) is 9.12. The number of rotatable bonds is 3. The predicted molar refractivity (Wildman–Crippen MR) is 70.9 cm³/mol. The Morgan fingerprint density at radius 1 is 1.25 bits per heavy atom. The van der Waals surface area contributed by atoms with Gasteiger partial charge in [-0.2, -0.15) is 0 Å². The molecule has 0 amide bonds. The highest BCUT2D eigenvalue weighted by Gasteiger charge is 2.01. The van der Waals surface area contributed by atoms with Crippen LogP contribution in [0.5, 0.6) is 0 Å². The first-order valence-corrected chi connectivity index (χ1v) is 6.60. The minimum Gasteiger partial charge on any atom is -0.349 e. The van der Waals surface area contributed by atoms with E-state index in [1.54, 1.807) is 11.3 Å². The number of nitrogens with one attached hydrogen (secondary N) is 1. The molecule has 1 N–H and O–H groups in total. The summed E-state index contributed by atoms with van der Waals surface area (Å²) in [6.45, 7) is 4.71. The molecule has 0 bridgehead atoms. The second-order valence-electron chi connectivity index (χ2n) is 3.56. The van der Waals surface area contributed by atoms with Gasteiger partial charge in [0, 0.05) is 26.1 Å². The van der Waals surface area contributed by atoms with Crippen LogP contribution in [0.4, 0.5) is 5.95 Å². The van der Waals surface area contributed by atoms with Gasteiger partial charge in [-0.15, -0.1) is 11.3 Å². The van der Waals surface area contributed by atoms with Crippen LogP contribution >= 0.6 is 27.3 Å². The van der Waals surface area contributed by atoms with Gasteiger partial charge < -0.3 is 5.32 Å². The average Bonchev–Trinajstić information content (AvgIpc) is 2.60. The Hall–Kier alpha value is -0.940. The van der Waals surface area contributed by atoms with E-state index >= 15 is 0 Å². The molecule has 0 spiro atoms.